The molecule has 28 heavy (non-hydrogen) atoms. The molecule has 7 nitrogen and oxygen atoms in total. The molecule has 0 radical (unpaired) electrons. The second-order valence-electron chi connectivity index (χ2n) is 8.19. The van der Waals surface area contributed by atoms with Crippen LogP contribution in [0.2, 0.25) is 0 Å². The topological polar surface area (TPSA) is 69.8 Å². The molecule has 2 aliphatic rings. The molecule has 1 saturated carbocycles. The van der Waals surface area contributed by atoms with Crippen molar-refractivity contribution in [3.8, 4) is 0 Å². The third-order valence-electron chi connectivity index (χ3n) is 6.08. The highest BCUT2D eigenvalue weighted by atomic mass is 15.3. The summed E-state index contributed by atoms with van der Waals surface area (Å²) in [5.41, 5.74) is 0.909. The fraction of sp³-hybridized carbons (Fsp3) is 0.667. The molecule has 7 heteroatoms. The van der Waals surface area contributed by atoms with Crippen molar-refractivity contribution in [3.63, 3.8) is 0 Å². The Morgan fingerprint density at radius 2 is 2.11 bits per heavy atom. The Hall–Kier alpha value is -2.15. The predicted octanol–water partition coefficient (Wildman–Crippen LogP) is 2.09. The number of rotatable bonds is 7. The smallest absolute Gasteiger partial charge is 0.191 e. The van der Waals surface area contributed by atoms with Crippen LogP contribution in [0.3, 0.4) is 0 Å². The number of likely N-dealkylation sites (tertiary alicyclic amines) is 1. The van der Waals surface area contributed by atoms with Crippen LogP contribution in [0.4, 0.5) is 0 Å². The molecule has 1 saturated heterocycles. The molecule has 2 fully saturated rings. The van der Waals surface area contributed by atoms with Crippen molar-refractivity contribution >= 4 is 11.6 Å². The lowest BCUT2D eigenvalue weighted by Gasteiger charge is -2.21. The number of guanidine groups is 1. The molecule has 1 aliphatic heterocycles. The zero-order valence-electron chi connectivity index (χ0n) is 17.0. The van der Waals surface area contributed by atoms with Crippen LogP contribution in [0, 0.1) is 5.92 Å². The lowest BCUT2D eigenvalue weighted by atomic mass is 10.1. The maximum Gasteiger partial charge on any atom is 0.191 e. The van der Waals surface area contributed by atoms with Crippen molar-refractivity contribution in [2.75, 3.05) is 33.2 Å². The van der Waals surface area contributed by atoms with Crippen LogP contribution in [0.15, 0.2) is 29.4 Å². The first-order chi connectivity index (χ1) is 13.8. The van der Waals surface area contributed by atoms with Gasteiger partial charge in [-0.1, -0.05) is 18.9 Å². The number of nitrogens with zero attached hydrogens (tertiary/aromatic N) is 5. The van der Waals surface area contributed by atoms with Gasteiger partial charge in [-0.3, -0.25) is 9.39 Å². The third kappa shape index (κ3) is 4.82. The van der Waals surface area contributed by atoms with Gasteiger partial charge in [-0.2, -0.15) is 0 Å². The summed E-state index contributed by atoms with van der Waals surface area (Å²) in [6, 6.07) is 6.50. The second-order valence-corrected chi connectivity index (χ2v) is 8.19. The van der Waals surface area contributed by atoms with Gasteiger partial charge in [-0.05, 0) is 43.7 Å². The first-order valence-corrected chi connectivity index (χ1v) is 10.8. The lowest BCUT2D eigenvalue weighted by Crippen LogP contribution is -2.45. The molecule has 4 rings (SSSR count). The average molecular weight is 384 g/mol. The van der Waals surface area contributed by atoms with Gasteiger partial charge >= 0.3 is 0 Å². The molecule has 0 spiro atoms. The molecular formula is C21H33N7. The summed E-state index contributed by atoms with van der Waals surface area (Å²) in [6.07, 6.45) is 10.8. The van der Waals surface area contributed by atoms with Gasteiger partial charge in [0.25, 0.3) is 0 Å². The Labute approximate surface area is 167 Å². The van der Waals surface area contributed by atoms with Crippen molar-refractivity contribution in [2.24, 2.45) is 10.9 Å². The Morgan fingerprint density at radius 1 is 1.21 bits per heavy atom. The summed E-state index contributed by atoms with van der Waals surface area (Å²) in [6.45, 7) is 4.52. The van der Waals surface area contributed by atoms with Crippen LogP contribution in [0.25, 0.3) is 5.65 Å². The molecule has 2 aromatic rings. The fourth-order valence-electron chi connectivity index (χ4n) is 4.58. The molecule has 152 valence electrons. The molecule has 1 aliphatic carbocycles. The number of aliphatic imine (C=N–C) groups is 1. The summed E-state index contributed by atoms with van der Waals surface area (Å²) in [5, 5.41) is 15.6. The van der Waals surface area contributed by atoms with Crippen molar-refractivity contribution < 1.29 is 0 Å². The van der Waals surface area contributed by atoms with Gasteiger partial charge in [0.1, 0.15) is 5.82 Å². The molecule has 0 bridgehead atoms. The van der Waals surface area contributed by atoms with Crippen LogP contribution in [0.1, 0.15) is 44.3 Å². The molecule has 3 heterocycles. The predicted molar refractivity (Wildman–Crippen MR) is 113 cm³/mol. The number of pyridine rings is 1. The minimum atomic E-state index is 0.507. The highest BCUT2D eigenvalue weighted by Crippen LogP contribution is 2.26. The van der Waals surface area contributed by atoms with E-state index in [2.05, 4.69) is 35.1 Å². The summed E-state index contributed by atoms with van der Waals surface area (Å²) < 4.78 is 2.06. The van der Waals surface area contributed by atoms with Crippen LogP contribution in [0.5, 0.6) is 0 Å². The molecule has 2 N–H and O–H groups in total. The van der Waals surface area contributed by atoms with E-state index in [4.69, 9.17) is 0 Å². The molecule has 0 amide bonds. The van der Waals surface area contributed by atoms with E-state index in [1.54, 1.807) is 0 Å². The van der Waals surface area contributed by atoms with Gasteiger partial charge in [0.2, 0.25) is 0 Å². The third-order valence-corrected chi connectivity index (χ3v) is 6.08. The number of hydrogen-bond acceptors (Lipinski definition) is 4. The van der Waals surface area contributed by atoms with Gasteiger partial charge in [0, 0.05) is 51.9 Å². The van der Waals surface area contributed by atoms with E-state index in [1.807, 2.05) is 31.4 Å². The minimum Gasteiger partial charge on any atom is -0.356 e. The van der Waals surface area contributed by atoms with Gasteiger partial charge in [0.15, 0.2) is 11.6 Å². The number of aromatic nitrogens is 3. The standard InChI is InChI=1S/C21H33N7/c1-22-21(24-18-11-14-27(16-18)15-17-7-2-3-8-17)23-12-6-10-20-26-25-19-9-4-5-13-28(19)20/h4-5,9,13,17-18H,2-3,6-8,10-12,14-16H2,1H3,(H2,22,23,24). The molecule has 0 aromatic carbocycles. The fourth-order valence-corrected chi connectivity index (χ4v) is 4.58. The molecule has 1 unspecified atom stereocenters. The Balaban J connectivity index is 1.17. The van der Waals surface area contributed by atoms with Gasteiger partial charge in [0.05, 0.1) is 0 Å². The average Bonchev–Trinajstić information content (AvgIpc) is 3.46. The van der Waals surface area contributed by atoms with E-state index in [-0.39, 0.29) is 0 Å². The van der Waals surface area contributed by atoms with E-state index in [1.165, 1.54) is 45.2 Å². The summed E-state index contributed by atoms with van der Waals surface area (Å²) in [5.74, 6) is 2.86. The molecular weight excluding hydrogens is 350 g/mol. The maximum absolute atomic E-state index is 4.41. The maximum atomic E-state index is 4.41. The van der Waals surface area contributed by atoms with Crippen molar-refractivity contribution in [1.29, 1.82) is 0 Å². The number of hydrogen-bond donors (Lipinski definition) is 2. The first-order valence-electron chi connectivity index (χ1n) is 10.8. The summed E-state index contributed by atoms with van der Waals surface area (Å²) in [4.78, 5) is 7.04. The van der Waals surface area contributed by atoms with E-state index >= 15 is 0 Å². The monoisotopic (exact) mass is 383 g/mol. The van der Waals surface area contributed by atoms with Gasteiger partial charge in [-0.15, -0.1) is 10.2 Å². The largest absolute Gasteiger partial charge is 0.356 e. The minimum absolute atomic E-state index is 0.507. The number of fused-ring (bicyclic) bond motifs is 1. The SMILES string of the molecule is CN=C(NCCCc1nnc2ccccn12)NC1CCN(CC2CCCC2)C1. The lowest BCUT2D eigenvalue weighted by molar-refractivity contribution is 0.275. The molecule has 2 aromatic heterocycles. The van der Waals surface area contributed by atoms with Crippen molar-refractivity contribution in [3.05, 3.63) is 30.2 Å². The molecule has 1 atom stereocenters. The summed E-state index contributed by atoms with van der Waals surface area (Å²) in [7, 11) is 1.85. The highest BCUT2D eigenvalue weighted by Gasteiger charge is 2.26. The van der Waals surface area contributed by atoms with Crippen LogP contribution < -0.4 is 10.6 Å². The summed E-state index contributed by atoms with van der Waals surface area (Å²) >= 11 is 0. The van der Waals surface area contributed by atoms with Crippen LogP contribution in [-0.2, 0) is 6.42 Å². The zero-order chi connectivity index (χ0) is 19.2. The van der Waals surface area contributed by atoms with Gasteiger partial charge < -0.3 is 15.5 Å². The Bertz CT molecular complexity index is 778. The quantitative estimate of drug-likeness (QED) is 0.435. The Kier molecular flexibility index (Phi) is 6.41. The highest BCUT2D eigenvalue weighted by molar-refractivity contribution is 5.80. The first kappa shape index (κ1) is 19.2. The van der Waals surface area contributed by atoms with E-state index in [9.17, 15) is 0 Å². The second kappa shape index (κ2) is 9.37. The zero-order valence-corrected chi connectivity index (χ0v) is 17.0. The number of aryl methyl sites for hydroxylation is 1. The number of nitrogens with one attached hydrogen (secondary N) is 2. The van der Waals surface area contributed by atoms with Crippen LogP contribution in [-0.4, -0.2) is 64.7 Å². The van der Waals surface area contributed by atoms with Crippen molar-refractivity contribution in [1.82, 2.24) is 30.1 Å². The normalized spacial score (nSPS) is 21.6. The van der Waals surface area contributed by atoms with Crippen molar-refractivity contribution in [2.45, 2.75) is 51.0 Å². The van der Waals surface area contributed by atoms with E-state index in [0.29, 0.717) is 6.04 Å². The Morgan fingerprint density at radius 3 is 2.96 bits per heavy atom. The van der Waals surface area contributed by atoms with Crippen LogP contribution >= 0.6 is 0 Å². The van der Waals surface area contributed by atoms with E-state index in [0.717, 1.165) is 49.3 Å². The van der Waals surface area contributed by atoms with Gasteiger partial charge in [-0.25, -0.2) is 0 Å². The van der Waals surface area contributed by atoms with E-state index < -0.39 is 0 Å².